The lowest BCUT2D eigenvalue weighted by Gasteiger charge is -2.02. The number of benzene rings is 2. The highest BCUT2D eigenvalue weighted by atomic mass is 35.5. The number of hydrogen-bond acceptors (Lipinski definition) is 1. The molecular weight excluding hydrogens is 256 g/mol. The molecule has 0 unspecified atom stereocenters. The van der Waals surface area contributed by atoms with Gasteiger partial charge in [0.1, 0.15) is 0 Å². The minimum Gasteiger partial charge on any atom is -1.00 e. The number of pyridine rings is 1. The zero-order chi connectivity index (χ0) is 12.4. The Bertz CT molecular complexity index is 681. The Balaban J connectivity index is 0.00000133. The fourth-order valence-electron chi connectivity index (χ4n) is 2.19. The maximum atomic E-state index is 5.95. The first-order valence-electron chi connectivity index (χ1n) is 6.04. The summed E-state index contributed by atoms with van der Waals surface area (Å²) in [6, 6.07) is 18.5. The fraction of sp³-hybridized carbons (Fsp3) is 0.0625. The maximum Gasteiger partial charge on any atom is 0.177 e. The summed E-state index contributed by atoms with van der Waals surface area (Å²) in [6.07, 6.45) is 4.21. The second-order valence-corrected chi connectivity index (χ2v) is 4.45. The molecule has 1 aromatic heterocycles. The smallest absolute Gasteiger partial charge is 0.177 e. The molecule has 0 bridgehead atoms. The topological polar surface area (TPSA) is 29.9 Å². The molecule has 0 aliphatic rings. The first-order valence-corrected chi connectivity index (χ1v) is 6.04. The van der Waals surface area contributed by atoms with Crippen LogP contribution >= 0.6 is 0 Å². The Labute approximate surface area is 118 Å². The summed E-state index contributed by atoms with van der Waals surface area (Å²) in [5, 5.41) is 2.29. The average molecular weight is 271 g/mol. The number of nitrogens with zero attached hydrogens (tertiary/aromatic N) is 1. The van der Waals surface area contributed by atoms with Gasteiger partial charge in [0.25, 0.3) is 0 Å². The van der Waals surface area contributed by atoms with Gasteiger partial charge >= 0.3 is 0 Å². The predicted molar refractivity (Wildman–Crippen MR) is 74.1 cm³/mol. The SMILES string of the molecule is Nc1cccc2c[n+](Cc3ccccc3)ccc12.[Cl-]. The lowest BCUT2D eigenvalue weighted by atomic mass is 10.1. The van der Waals surface area contributed by atoms with Gasteiger partial charge in [-0.05, 0) is 12.1 Å². The fourth-order valence-corrected chi connectivity index (χ4v) is 2.19. The van der Waals surface area contributed by atoms with Crippen molar-refractivity contribution in [3.05, 3.63) is 72.6 Å². The summed E-state index contributed by atoms with van der Waals surface area (Å²) in [5.41, 5.74) is 8.08. The molecule has 0 saturated carbocycles. The average Bonchev–Trinajstić information content (AvgIpc) is 2.40. The molecule has 96 valence electrons. The van der Waals surface area contributed by atoms with Crippen LogP contribution in [0.5, 0.6) is 0 Å². The van der Waals surface area contributed by atoms with Gasteiger partial charge in [-0.2, -0.15) is 0 Å². The normalized spacial score (nSPS) is 10.1. The molecule has 3 rings (SSSR count). The van der Waals surface area contributed by atoms with Gasteiger partial charge in [0, 0.05) is 28.1 Å². The first kappa shape index (κ1) is 13.4. The molecular formula is C16H15ClN2. The van der Waals surface area contributed by atoms with E-state index in [1.807, 2.05) is 18.2 Å². The molecule has 0 fully saturated rings. The Morgan fingerprint density at radius 2 is 1.68 bits per heavy atom. The highest BCUT2D eigenvalue weighted by Gasteiger charge is 2.05. The van der Waals surface area contributed by atoms with E-state index in [-0.39, 0.29) is 12.4 Å². The molecule has 0 aliphatic heterocycles. The van der Waals surface area contributed by atoms with Crippen molar-refractivity contribution >= 4 is 16.5 Å². The molecule has 0 spiro atoms. The van der Waals surface area contributed by atoms with Gasteiger partial charge in [-0.25, -0.2) is 4.57 Å². The highest BCUT2D eigenvalue weighted by Crippen LogP contribution is 2.18. The first-order chi connectivity index (χ1) is 8.83. The standard InChI is InChI=1S/C16H15N2.ClH/c17-16-8-4-7-14-12-18(10-9-15(14)16)11-13-5-2-1-3-6-13;/h1-10,12H,11,17H2;1H/q+1;/p-1. The zero-order valence-corrected chi connectivity index (χ0v) is 11.2. The van der Waals surface area contributed by atoms with Crippen LogP contribution in [0.4, 0.5) is 5.69 Å². The molecule has 0 aliphatic carbocycles. The third kappa shape index (κ3) is 2.85. The van der Waals surface area contributed by atoms with Crippen molar-refractivity contribution in [3.63, 3.8) is 0 Å². The third-order valence-corrected chi connectivity index (χ3v) is 3.12. The van der Waals surface area contributed by atoms with Crippen molar-refractivity contribution in [3.8, 4) is 0 Å². The summed E-state index contributed by atoms with van der Waals surface area (Å²) in [7, 11) is 0. The van der Waals surface area contributed by atoms with Crippen molar-refractivity contribution < 1.29 is 17.0 Å². The summed E-state index contributed by atoms with van der Waals surface area (Å²) < 4.78 is 2.18. The number of hydrogen-bond donors (Lipinski definition) is 1. The second-order valence-electron chi connectivity index (χ2n) is 4.45. The predicted octanol–water partition coefficient (Wildman–Crippen LogP) is -0.238. The van der Waals surface area contributed by atoms with Crippen LogP contribution in [0.15, 0.2) is 67.0 Å². The van der Waals surface area contributed by atoms with E-state index in [9.17, 15) is 0 Å². The van der Waals surface area contributed by atoms with Crippen molar-refractivity contribution in [1.82, 2.24) is 0 Å². The molecule has 2 aromatic carbocycles. The quantitative estimate of drug-likeness (QED) is 0.506. The van der Waals surface area contributed by atoms with Crippen molar-refractivity contribution in [2.45, 2.75) is 6.54 Å². The number of nitrogen functional groups attached to an aromatic ring is 1. The zero-order valence-electron chi connectivity index (χ0n) is 10.5. The monoisotopic (exact) mass is 270 g/mol. The van der Waals surface area contributed by atoms with Gasteiger partial charge in [-0.3, -0.25) is 0 Å². The van der Waals surface area contributed by atoms with Crippen molar-refractivity contribution in [1.29, 1.82) is 0 Å². The molecule has 19 heavy (non-hydrogen) atoms. The summed E-state index contributed by atoms with van der Waals surface area (Å²) >= 11 is 0. The van der Waals surface area contributed by atoms with Crippen LogP contribution in [0.25, 0.3) is 10.8 Å². The van der Waals surface area contributed by atoms with Crippen molar-refractivity contribution in [2.75, 3.05) is 5.73 Å². The summed E-state index contributed by atoms with van der Waals surface area (Å²) in [4.78, 5) is 0. The molecule has 0 saturated heterocycles. The van der Waals surface area contributed by atoms with Gasteiger partial charge in [-0.1, -0.05) is 36.4 Å². The van der Waals surface area contributed by atoms with Gasteiger partial charge in [-0.15, -0.1) is 0 Å². The number of fused-ring (bicyclic) bond motifs is 1. The van der Waals surface area contributed by atoms with Crippen LogP contribution in [0.3, 0.4) is 0 Å². The molecule has 0 amide bonds. The van der Waals surface area contributed by atoms with Crippen LogP contribution in [0.1, 0.15) is 5.56 Å². The van der Waals surface area contributed by atoms with E-state index < -0.39 is 0 Å². The maximum absolute atomic E-state index is 5.95. The van der Waals surface area contributed by atoms with E-state index in [0.717, 1.165) is 17.6 Å². The third-order valence-electron chi connectivity index (χ3n) is 3.12. The van der Waals surface area contributed by atoms with E-state index in [1.165, 1.54) is 10.9 Å². The van der Waals surface area contributed by atoms with Crippen LogP contribution in [-0.2, 0) is 6.54 Å². The van der Waals surface area contributed by atoms with E-state index >= 15 is 0 Å². The molecule has 1 heterocycles. The van der Waals surface area contributed by atoms with Crippen LogP contribution < -0.4 is 22.7 Å². The lowest BCUT2D eigenvalue weighted by Crippen LogP contribution is -3.00. The largest absolute Gasteiger partial charge is 1.00 e. The Kier molecular flexibility index (Phi) is 4.03. The lowest BCUT2D eigenvalue weighted by molar-refractivity contribution is -0.687. The van der Waals surface area contributed by atoms with Crippen LogP contribution in [0.2, 0.25) is 0 Å². The second kappa shape index (κ2) is 5.72. The van der Waals surface area contributed by atoms with Gasteiger partial charge in [0.05, 0.1) is 0 Å². The minimum absolute atomic E-state index is 0. The number of rotatable bonds is 2. The van der Waals surface area contributed by atoms with Gasteiger partial charge in [0.2, 0.25) is 0 Å². The molecule has 2 nitrogen and oxygen atoms in total. The molecule has 0 atom stereocenters. The van der Waals surface area contributed by atoms with E-state index in [2.05, 4.69) is 53.4 Å². The molecule has 3 aromatic rings. The van der Waals surface area contributed by atoms with Gasteiger partial charge in [0.15, 0.2) is 18.9 Å². The van der Waals surface area contributed by atoms with Crippen LogP contribution in [-0.4, -0.2) is 0 Å². The number of anilines is 1. The Morgan fingerprint density at radius 3 is 2.47 bits per heavy atom. The van der Waals surface area contributed by atoms with E-state index in [4.69, 9.17) is 5.73 Å². The van der Waals surface area contributed by atoms with E-state index in [0.29, 0.717) is 0 Å². The highest BCUT2D eigenvalue weighted by molar-refractivity contribution is 5.91. The Morgan fingerprint density at radius 1 is 0.895 bits per heavy atom. The minimum atomic E-state index is 0. The van der Waals surface area contributed by atoms with Crippen LogP contribution in [0, 0.1) is 0 Å². The Hall–Kier alpha value is -2.06. The summed E-state index contributed by atoms with van der Waals surface area (Å²) in [5.74, 6) is 0. The summed E-state index contributed by atoms with van der Waals surface area (Å²) in [6.45, 7) is 0.881. The number of halogens is 1. The van der Waals surface area contributed by atoms with Gasteiger partial charge < -0.3 is 18.1 Å². The molecule has 0 radical (unpaired) electrons. The number of aromatic nitrogens is 1. The molecule has 3 heteroatoms. The van der Waals surface area contributed by atoms with E-state index in [1.54, 1.807) is 0 Å². The van der Waals surface area contributed by atoms with Crippen molar-refractivity contribution in [2.24, 2.45) is 0 Å². The number of nitrogens with two attached hydrogens (primary N) is 1. The molecule has 2 N–H and O–H groups in total.